The molecule has 0 fully saturated rings. The lowest BCUT2D eigenvalue weighted by Gasteiger charge is -2.15. The minimum Gasteiger partial charge on any atom is -0.351 e. The number of thiophene rings is 1. The SMILES string of the molecule is CN(CC(=O)NCc1ccccc1Cl)Cc1cccs1. The summed E-state index contributed by atoms with van der Waals surface area (Å²) in [5.74, 6) is 0.00368. The molecule has 5 heteroatoms. The first-order valence-corrected chi connectivity index (χ1v) is 7.62. The largest absolute Gasteiger partial charge is 0.351 e. The van der Waals surface area contributed by atoms with E-state index in [0.717, 1.165) is 12.1 Å². The Balaban J connectivity index is 1.76. The van der Waals surface area contributed by atoms with E-state index in [1.54, 1.807) is 11.3 Å². The van der Waals surface area contributed by atoms with Crippen molar-refractivity contribution >= 4 is 28.8 Å². The molecule has 0 saturated carbocycles. The van der Waals surface area contributed by atoms with Crippen molar-refractivity contribution in [1.82, 2.24) is 10.2 Å². The third-order valence-electron chi connectivity index (χ3n) is 2.85. The number of amides is 1. The zero-order valence-electron chi connectivity index (χ0n) is 11.3. The molecule has 0 aliphatic rings. The Morgan fingerprint density at radius 3 is 2.80 bits per heavy atom. The van der Waals surface area contributed by atoms with Crippen LogP contribution >= 0.6 is 22.9 Å². The van der Waals surface area contributed by atoms with Gasteiger partial charge in [0.25, 0.3) is 0 Å². The highest BCUT2D eigenvalue weighted by Gasteiger charge is 2.08. The molecule has 1 N–H and O–H groups in total. The number of halogens is 1. The quantitative estimate of drug-likeness (QED) is 0.889. The summed E-state index contributed by atoms with van der Waals surface area (Å²) in [4.78, 5) is 15.1. The summed E-state index contributed by atoms with van der Waals surface area (Å²) in [5.41, 5.74) is 0.934. The second-order valence-corrected chi connectivity index (χ2v) is 6.06. The smallest absolute Gasteiger partial charge is 0.234 e. The maximum absolute atomic E-state index is 11.9. The second kappa shape index (κ2) is 7.43. The molecule has 106 valence electrons. The Morgan fingerprint density at radius 2 is 2.10 bits per heavy atom. The molecular formula is C15H17ClN2OS. The Labute approximate surface area is 128 Å². The van der Waals surface area contributed by atoms with Gasteiger partial charge in [-0.1, -0.05) is 35.9 Å². The van der Waals surface area contributed by atoms with E-state index in [1.807, 2.05) is 47.7 Å². The number of likely N-dealkylation sites (N-methyl/N-ethyl adjacent to an activating group) is 1. The van der Waals surface area contributed by atoms with E-state index in [1.165, 1.54) is 4.88 Å². The average molecular weight is 309 g/mol. The fraction of sp³-hybridized carbons (Fsp3) is 0.267. The Hall–Kier alpha value is -1.36. The van der Waals surface area contributed by atoms with Crippen molar-refractivity contribution in [3.8, 4) is 0 Å². The van der Waals surface area contributed by atoms with Gasteiger partial charge in [-0.15, -0.1) is 11.3 Å². The average Bonchev–Trinajstić information content (AvgIpc) is 2.90. The van der Waals surface area contributed by atoms with Crippen molar-refractivity contribution in [3.63, 3.8) is 0 Å². The molecule has 3 nitrogen and oxygen atoms in total. The highest BCUT2D eigenvalue weighted by molar-refractivity contribution is 7.09. The zero-order valence-corrected chi connectivity index (χ0v) is 12.9. The third kappa shape index (κ3) is 4.63. The molecule has 1 heterocycles. The maximum atomic E-state index is 11.9. The van der Waals surface area contributed by atoms with Gasteiger partial charge in [0, 0.05) is 23.0 Å². The van der Waals surface area contributed by atoms with Crippen molar-refractivity contribution in [1.29, 1.82) is 0 Å². The summed E-state index contributed by atoms with van der Waals surface area (Å²) in [7, 11) is 1.94. The van der Waals surface area contributed by atoms with E-state index in [2.05, 4.69) is 11.4 Å². The molecule has 2 aromatic rings. The minimum atomic E-state index is 0.00368. The summed E-state index contributed by atoms with van der Waals surface area (Å²) in [6.45, 7) is 1.63. The lowest BCUT2D eigenvalue weighted by Crippen LogP contribution is -2.34. The van der Waals surface area contributed by atoms with Crippen LogP contribution in [0.2, 0.25) is 5.02 Å². The van der Waals surface area contributed by atoms with E-state index in [-0.39, 0.29) is 5.91 Å². The summed E-state index contributed by atoms with van der Waals surface area (Å²) in [6.07, 6.45) is 0. The molecule has 0 aliphatic heterocycles. The molecule has 0 aliphatic carbocycles. The van der Waals surface area contributed by atoms with E-state index >= 15 is 0 Å². The zero-order chi connectivity index (χ0) is 14.4. The number of hydrogen-bond donors (Lipinski definition) is 1. The lowest BCUT2D eigenvalue weighted by atomic mass is 10.2. The molecule has 0 radical (unpaired) electrons. The van der Waals surface area contributed by atoms with E-state index in [0.29, 0.717) is 18.1 Å². The molecular weight excluding hydrogens is 292 g/mol. The number of nitrogens with one attached hydrogen (secondary N) is 1. The van der Waals surface area contributed by atoms with Gasteiger partial charge in [-0.2, -0.15) is 0 Å². The number of carbonyl (C=O) groups excluding carboxylic acids is 1. The first-order valence-electron chi connectivity index (χ1n) is 6.36. The number of hydrogen-bond acceptors (Lipinski definition) is 3. The molecule has 2 rings (SSSR count). The van der Waals surface area contributed by atoms with Crippen LogP contribution in [0.15, 0.2) is 41.8 Å². The molecule has 0 bridgehead atoms. The van der Waals surface area contributed by atoms with Gasteiger partial charge in [-0.3, -0.25) is 9.69 Å². The molecule has 1 aromatic heterocycles. The number of rotatable bonds is 6. The van der Waals surface area contributed by atoms with Crippen LogP contribution in [0.4, 0.5) is 0 Å². The summed E-state index contributed by atoms with van der Waals surface area (Å²) in [5, 5.41) is 5.61. The highest BCUT2D eigenvalue weighted by atomic mass is 35.5. The van der Waals surface area contributed by atoms with Crippen molar-refractivity contribution in [2.75, 3.05) is 13.6 Å². The van der Waals surface area contributed by atoms with Gasteiger partial charge in [0.05, 0.1) is 6.54 Å². The van der Waals surface area contributed by atoms with E-state index in [9.17, 15) is 4.79 Å². The lowest BCUT2D eigenvalue weighted by molar-refractivity contribution is -0.122. The first kappa shape index (κ1) is 15.0. The van der Waals surface area contributed by atoms with Gasteiger partial charge >= 0.3 is 0 Å². The molecule has 1 amide bonds. The van der Waals surface area contributed by atoms with Gasteiger partial charge in [0.1, 0.15) is 0 Å². The van der Waals surface area contributed by atoms with Crippen LogP contribution in [0.25, 0.3) is 0 Å². The monoisotopic (exact) mass is 308 g/mol. The third-order valence-corrected chi connectivity index (χ3v) is 4.08. The standard InChI is InChI=1S/C15H17ClN2OS/c1-18(10-13-6-4-8-20-13)11-15(19)17-9-12-5-2-3-7-14(12)16/h2-8H,9-11H2,1H3,(H,17,19). The summed E-state index contributed by atoms with van der Waals surface area (Å²) in [6, 6.07) is 11.6. The summed E-state index contributed by atoms with van der Waals surface area (Å²) >= 11 is 7.75. The number of carbonyl (C=O) groups is 1. The Morgan fingerprint density at radius 1 is 1.30 bits per heavy atom. The number of nitrogens with zero attached hydrogens (tertiary/aromatic N) is 1. The molecule has 0 saturated heterocycles. The van der Waals surface area contributed by atoms with Crippen molar-refractivity contribution in [2.24, 2.45) is 0 Å². The van der Waals surface area contributed by atoms with Crippen LogP contribution in [0, 0.1) is 0 Å². The van der Waals surface area contributed by atoms with Crippen LogP contribution in [0.1, 0.15) is 10.4 Å². The molecule has 0 unspecified atom stereocenters. The van der Waals surface area contributed by atoms with Gasteiger partial charge in [-0.05, 0) is 30.1 Å². The summed E-state index contributed by atoms with van der Waals surface area (Å²) < 4.78 is 0. The maximum Gasteiger partial charge on any atom is 0.234 e. The van der Waals surface area contributed by atoms with Gasteiger partial charge < -0.3 is 5.32 Å². The second-order valence-electron chi connectivity index (χ2n) is 4.62. The fourth-order valence-corrected chi connectivity index (χ4v) is 2.85. The van der Waals surface area contributed by atoms with Crippen LogP contribution in [-0.4, -0.2) is 24.4 Å². The molecule has 0 spiro atoms. The number of benzene rings is 1. The topological polar surface area (TPSA) is 32.3 Å². The van der Waals surface area contributed by atoms with Gasteiger partial charge in [0.2, 0.25) is 5.91 Å². The van der Waals surface area contributed by atoms with Gasteiger partial charge in [-0.25, -0.2) is 0 Å². The van der Waals surface area contributed by atoms with E-state index < -0.39 is 0 Å². The molecule has 20 heavy (non-hydrogen) atoms. The van der Waals surface area contributed by atoms with Crippen molar-refractivity contribution in [2.45, 2.75) is 13.1 Å². The van der Waals surface area contributed by atoms with Crippen molar-refractivity contribution in [3.05, 3.63) is 57.2 Å². The molecule has 1 aromatic carbocycles. The first-order chi connectivity index (χ1) is 9.65. The predicted octanol–water partition coefficient (Wildman–Crippen LogP) is 3.15. The van der Waals surface area contributed by atoms with Crippen LogP contribution < -0.4 is 5.32 Å². The molecule has 0 atom stereocenters. The van der Waals surface area contributed by atoms with Crippen LogP contribution in [0.3, 0.4) is 0 Å². The van der Waals surface area contributed by atoms with Gasteiger partial charge in [0.15, 0.2) is 0 Å². The normalized spacial score (nSPS) is 10.8. The fourth-order valence-electron chi connectivity index (χ4n) is 1.86. The predicted molar refractivity (Wildman–Crippen MR) is 84.0 cm³/mol. The Kier molecular flexibility index (Phi) is 5.59. The van der Waals surface area contributed by atoms with Crippen LogP contribution in [0.5, 0.6) is 0 Å². The Bertz CT molecular complexity index is 557. The minimum absolute atomic E-state index is 0.00368. The van der Waals surface area contributed by atoms with Crippen LogP contribution in [-0.2, 0) is 17.9 Å². The highest BCUT2D eigenvalue weighted by Crippen LogP contribution is 2.14. The van der Waals surface area contributed by atoms with E-state index in [4.69, 9.17) is 11.6 Å². The van der Waals surface area contributed by atoms with Crippen molar-refractivity contribution < 1.29 is 4.79 Å².